The molecule has 7 nitrogen and oxygen atoms in total. The molecule has 0 aliphatic rings. The van der Waals surface area contributed by atoms with E-state index in [1.54, 1.807) is 11.3 Å². The highest BCUT2D eigenvalue weighted by Crippen LogP contribution is 2.41. The highest BCUT2D eigenvalue weighted by Gasteiger charge is 2.18. The van der Waals surface area contributed by atoms with Crippen LogP contribution in [0.25, 0.3) is 104 Å². The van der Waals surface area contributed by atoms with Gasteiger partial charge in [0.1, 0.15) is 0 Å². The second kappa shape index (κ2) is 14.5. The summed E-state index contributed by atoms with van der Waals surface area (Å²) in [6.07, 6.45) is 0. The number of rotatable bonds is 7. The third-order valence-electron chi connectivity index (χ3n) is 9.82. The number of nitrogens with zero attached hydrogens (tertiary/aromatic N) is 7. The van der Waals surface area contributed by atoms with Gasteiger partial charge in [0.2, 0.25) is 0 Å². The minimum absolute atomic E-state index is 0.582. The second-order valence-electron chi connectivity index (χ2n) is 13.4. The largest absolute Gasteiger partial charge is 0.238 e. The Kier molecular flexibility index (Phi) is 8.60. The van der Waals surface area contributed by atoms with Gasteiger partial charge in [-0.1, -0.05) is 158 Å². The van der Waals surface area contributed by atoms with Gasteiger partial charge in [-0.25, -0.2) is 34.7 Å². The highest BCUT2D eigenvalue weighted by atomic mass is 32.1. The molecular formula is C49H29N7S. The van der Waals surface area contributed by atoms with E-state index in [9.17, 15) is 0 Å². The first kappa shape index (κ1) is 33.8. The van der Waals surface area contributed by atoms with Crippen molar-refractivity contribution in [3.63, 3.8) is 0 Å². The van der Waals surface area contributed by atoms with Gasteiger partial charge >= 0.3 is 0 Å². The molecule has 10 aromatic rings. The number of thiophene rings is 1. The molecule has 0 unspecified atom stereocenters. The van der Waals surface area contributed by atoms with E-state index >= 15 is 0 Å². The van der Waals surface area contributed by atoms with E-state index in [4.69, 9.17) is 36.5 Å². The molecule has 0 amide bonds. The predicted molar refractivity (Wildman–Crippen MR) is 230 cm³/mol. The fourth-order valence-corrected chi connectivity index (χ4v) is 8.21. The molecule has 0 fully saturated rings. The summed E-state index contributed by atoms with van der Waals surface area (Å²) in [5, 5.41) is 2.26. The van der Waals surface area contributed by atoms with Crippen LogP contribution in [0.2, 0.25) is 0 Å². The molecule has 0 aliphatic carbocycles. The van der Waals surface area contributed by atoms with Crippen LogP contribution in [-0.4, -0.2) is 29.9 Å². The number of hydrogen-bond donors (Lipinski definition) is 0. The van der Waals surface area contributed by atoms with Gasteiger partial charge in [0, 0.05) is 53.6 Å². The summed E-state index contributed by atoms with van der Waals surface area (Å²) in [6.45, 7) is 7.42. The van der Waals surface area contributed by atoms with Crippen LogP contribution in [0, 0.1) is 6.57 Å². The lowest BCUT2D eigenvalue weighted by Gasteiger charge is -2.10. The molecular weight excluding hydrogens is 719 g/mol. The number of aromatic nitrogens is 6. The van der Waals surface area contributed by atoms with Crippen LogP contribution < -0.4 is 0 Å². The average molecular weight is 748 g/mol. The maximum atomic E-state index is 7.42. The first-order chi connectivity index (χ1) is 28.2. The molecule has 0 saturated carbocycles. The molecule has 10 rings (SSSR count). The number of fused-ring (bicyclic) bond motifs is 3. The molecule has 3 aromatic heterocycles. The zero-order valence-electron chi connectivity index (χ0n) is 30.3. The summed E-state index contributed by atoms with van der Waals surface area (Å²) in [5.74, 6) is 3.65. The van der Waals surface area contributed by atoms with Gasteiger partial charge in [-0.05, 0) is 29.3 Å². The molecule has 0 N–H and O–H groups in total. The quantitative estimate of drug-likeness (QED) is 0.151. The van der Waals surface area contributed by atoms with Gasteiger partial charge in [0.25, 0.3) is 0 Å². The summed E-state index contributed by atoms with van der Waals surface area (Å²) in [6, 6.07) is 58.6. The van der Waals surface area contributed by atoms with Gasteiger partial charge in [-0.3, -0.25) is 0 Å². The SMILES string of the molecule is [C-]#[N+]c1cccc(-c2ccc(-c3nc(-c4ccccc4)nc(-c4cccc5c4sc4cc(-c6nc(-c7ccccc7)nc(-c7ccccc7)n6)ccc45)n3)cc2)c1. The maximum Gasteiger partial charge on any atom is 0.187 e. The monoisotopic (exact) mass is 747 g/mol. The van der Waals surface area contributed by atoms with Crippen LogP contribution in [-0.2, 0) is 0 Å². The smallest absolute Gasteiger partial charge is 0.187 e. The van der Waals surface area contributed by atoms with E-state index in [0.717, 1.165) is 64.7 Å². The summed E-state index contributed by atoms with van der Waals surface area (Å²) < 4.78 is 2.19. The normalized spacial score (nSPS) is 11.1. The van der Waals surface area contributed by atoms with Crippen LogP contribution in [0.3, 0.4) is 0 Å². The molecule has 0 atom stereocenters. The third-order valence-corrected chi connectivity index (χ3v) is 11.0. The minimum Gasteiger partial charge on any atom is -0.238 e. The summed E-state index contributed by atoms with van der Waals surface area (Å²) in [4.78, 5) is 33.6. The minimum atomic E-state index is 0.582. The first-order valence-corrected chi connectivity index (χ1v) is 19.2. The topological polar surface area (TPSA) is 81.7 Å². The Morgan fingerprint density at radius 3 is 1.37 bits per heavy atom. The summed E-state index contributed by atoms with van der Waals surface area (Å²) in [7, 11) is 0. The Morgan fingerprint density at radius 2 is 0.807 bits per heavy atom. The average Bonchev–Trinajstić information content (AvgIpc) is 3.68. The van der Waals surface area contributed by atoms with Gasteiger partial charge < -0.3 is 0 Å². The Bertz CT molecular complexity index is 3060. The molecule has 0 bridgehead atoms. The third kappa shape index (κ3) is 6.59. The van der Waals surface area contributed by atoms with Crippen molar-refractivity contribution < 1.29 is 0 Å². The van der Waals surface area contributed by atoms with Crippen molar-refractivity contribution in [1.82, 2.24) is 29.9 Å². The molecule has 57 heavy (non-hydrogen) atoms. The van der Waals surface area contributed by atoms with Crippen molar-refractivity contribution in [2.45, 2.75) is 0 Å². The zero-order chi connectivity index (χ0) is 38.1. The van der Waals surface area contributed by atoms with E-state index in [1.165, 1.54) is 0 Å². The van der Waals surface area contributed by atoms with E-state index in [2.05, 4.69) is 41.2 Å². The Morgan fingerprint density at radius 1 is 0.351 bits per heavy atom. The van der Waals surface area contributed by atoms with Crippen molar-refractivity contribution in [3.05, 3.63) is 187 Å². The maximum absolute atomic E-state index is 7.42. The second-order valence-corrected chi connectivity index (χ2v) is 14.5. The Balaban J connectivity index is 1.09. The van der Waals surface area contributed by atoms with Gasteiger partial charge in [0.05, 0.1) is 6.57 Å². The van der Waals surface area contributed by atoms with Crippen LogP contribution >= 0.6 is 11.3 Å². The van der Waals surface area contributed by atoms with E-state index in [0.29, 0.717) is 40.6 Å². The van der Waals surface area contributed by atoms with Gasteiger partial charge in [0.15, 0.2) is 40.6 Å². The molecule has 8 heteroatoms. The lowest BCUT2D eigenvalue weighted by Crippen LogP contribution is -2.00. The highest BCUT2D eigenvalue weighted by molar-refractivity contribution is 7.26. The molecule has 266 valence electrons. The Hall–Kier alpha value is -7.73. The molecule has 0 spiro atoms. The number of benzene rings is 7. The van der Waals surface area contributed by atoms with Crippen LogP contribution in [0.5, 0.6) is 0 Å². The first-order valence-electron chi connectivity index (χ1n) is 18.4. The molecule has 7 aromatic carbocycles. The van der Waals surface area contributed by atoms with Crippen LogP contribution in [0.1, 0.15) is 0 Å². The Labute approximate surface area is 332 Å². The van der Waals surface area contributed by atoms with E-state index < -0.39 is 0 Å². The van der Waals surface area contributed by atoms with Crippen molar-refractivity contribution >= 4 is 37.2 Å². The van der Waals surface area contributed by atoms with Crippen molar-refractivity contribution in [3.8, 4) is 79.5 Å². The predicted octanol–water partition coefficient (Wildman–Crippen LogP) is 12.6. The lowest BCUT2D eigenvalue weighted by molar-refractivity contribution is 1.07. The fraction of sp³-hybridized carbons (Fsp3) is 0. The standard InChI is InChI=1S/C49H29N7S/c1-50-38-20-11-19-36(29-38)31-23-25-35(26-24-31)47-52-46(34-17-9-4-10-18-34)55-49(56-47)41-22-12-21-40-39-28-27-37(30-42(39)57-43(40)41)48-53-44(32-13-5-2-6-14-32)51-45(54-48)33-15-7-3-8-16-33/h2-30H. The van der Waals surface area contributed by atoms with Crippen LogP contribution in [0.4, 0.5) is 5.69 Å². The van der Waals surface area contributed by atoms with Crippen molar-refractivity contribution in [1.29, 1.82) is 0 Å². The number of hydrogen-bond acceptors (Lipinski definition) is 7. The molecule has 3 heterocycles. The summed E-state index contributed by atoms with van der Waals surface area (Å²) >= 11 is 1.71. The molecule has 0 radical (unpaired) electrons. The van der Waals surface area contributed by atoms with E-state index in [1.807, 2.05) is 140 Å². The van der Waals surface area contributed by atoms with Gasteiger partial charge in [-0.15, -0.1) is 11.3 Å². The van der Waals surface area contributed by atoms with E-state index in [-0.39, 0.29) is 0 Å². The van der Waals surface area contributed by atoms with Crippen LogP contribution in [0.15, 0.2) is 176 Å². The zero-order valence-corrected chi connectivity index (χ0v) is 31.1. The fourth-order valence-electron chi connectivity index (χ4n) is 6.96. The van der Waals surface area contributed by atoms with Crippen molar-refractivity contribution in [2.75, 3.05) is 0 Å². The summed E-state index contributed by atoms with van der Waals surface area (Å²) in [5.41, 5.74) is 8.09. The molecule has 0 aliphatic heterocycles. The lowest BCUT2D eigenvalue weighted by atomic mass is 10.0. The molecule has 0 saturated heterocycles. The van der Waals surface area contributed by atoms with Gasteiger partial charge in [-0.2, -0.15) is 0 Å². The van der Waals surface area contributed by atoms with Crippen molar-refractivity contribution in [2.24, 2.45) is 0 Å².